The first-order valence-corrected chi connectivity index (χ1v) is 12.8. The second-order valence-corrected chi connectivity index (χ2v) is 10.1. The van der Waals surface area contributed by atoms with E-state index in [1.807, 2.05) is 16.7 Å². The molecule has 0 spiro atoms. The fourth-order valence-corrected chi connectivity index (χ4v) is 6.60. The summed E-state index contributed by atoms with van der Waals surface area (Å²) in [6, 6.07) is 9.48. The number of ether oxygens (including phenoxy) is 2. The minimum absolute atomic E-state index is 0.0579. The largest absolute Gasteiger partial charge is 0.381 e. The number of morpholine rings is 1. The Morgan fingerprint density at radius 2 is 1.75 bits per heavy atom. The van der Waals surface area contributed by atoms with E-state index in [4.69, 9.17) is 14.6 Å². The molecule has 0 aliphatic carbocycles. The van der Waals surface area contributed by atoms with E-state index in [-0.39, 0.29) is 5.91 Å². The van der Waals surface area contributed by atoms with Crippen LogP contribution in [0.1, 0.15) is 41.4 Å². The summed E-state index contributed by atoms with van der Waals surface area (Å²) in [6.45, 7) is 6.32. The Morgan fingerprint density at radius 3 is 2.59 bits per heavy atom. The molecule has 8 heteroatoms. The number of carbonyl (C=O) groups is 1. The normalized spacial score (nSPS) is 24.4. The molecule has 4 aliphatic rings. The molecule has 0 N–H and O–H groups in total. The van der Waals surface area contributed by atoms with E-state index in [2.05, 4.69) is 33.8 Å². The van der Waals surface area contributed by atoms with Crippen molar-refractivity contribution in [3.63, 3.8) is 0 Å². The Bertz CT molecular complexity index is 997. The lowest BCUT2D eigenvalue weighted by Crippen LogP contribution is -2.41. The summed E-state index contributed by atoms with van der Waals surface area (Å²) in [6.07, 6.45) is 3.31. The lowest BCUT2D eigenvalue weighted by Gasteiger charge is -2.31. The van der Waals surface area contributed by atoms with Crippen LogP contribution in [-0.2, 0) is 15.2 Å². The quantitative estimate of drug-likeness (QED) is 0.711. The van der Waals surface area contributed by atoms with E-state index in [1.54, 1.807) is 0 Å². The van der Waals surface area contributed by atoms with E-state index in [0.29, 0.717) is 44.1 Å². The van der Waals surface area contributed by atoms with E-state index in [0.717, 1.165) is 62.6 Å². The van der Waals surface area contributed by atoms with Crippen molar-refractivity contribution < 1.29 is 14.3 Å². The van der Waals surface area contributed by atoms with Gasteiger partial charge in [0.25, 0.3) is 5.91 Å². The molecule has 1 amide bonds. The fourth-order valence-electron chi connectivity index (χ4n) is 5.53. The molecule has 1 atom stereocenters. The third-order valence-corrected chi connectivity index (χ3v) is 8.37. The zero-order valence-corrected chi connectivity index (χ0v) is 19.2. The Kier molecular flexibility index (Phi) is 5.71. The minimum atomic E-state index is 0.0579. The number of thioether (sulfide) groups is 1. The molecule has 1 aromatic heterocycles. The van der Waals surface area contributed by atoms with Gasteiger partial charge in [0.15, 0.2) is 5.69 Å². The molecule has 6 rings (SSSR count). The smallest absolute Gasteiger partial charge is 0.274 e. The number of benzene rings is 1. The van der Waals surface area contributed by atoms with Gasteiger partial charge in [-0.15, -0.1) is 11.8 Å². The number of fused-ring (bicyclic) bond motifs is 3. The van der Waals surface area contributed by atoms with Gasteiger partial charge in [0.05, 0.1) is 24.9 Å². The summed E-state index contributed by atoms with van der Waals surface area (Å²) in [4.78, 5) is 19.3. The molecular weight excluding hydrogens is 424 g/mol. The second kappa shape index (κ2) is 8.82. The molecule has 1 unspecified atom stereocenters. The molecule has 0 saturated carbocycles. The van der Waals surface area contributed by atoms with Gasteiger partial charge in [-0.2, -0.15) is 5.10 Å². The Morgan fingerprint density at radius 1 is 0.969 bits per heavy atom. The van der Waals surface area contributed by atoms with Gasteiger partial charge in [-0.1, -0.05) is 18.2 Å². The van der Waals surface area contributed by atoms with Crippen molar-refractivity contribution in [1.82, 2.24) is 19.6 Å². The van der Waals surface area contributed by atoms with Gasteiger partial charge < -0.3 is 14.4 Å². The molecule has 170 valence electrons. The van der Waals surface area contributed by atoms with E-state index in [9.17, 15) is 4.79 Å². The molecule has 32 heavy (non-hydrogen) atoms. The molecule has 7 nitrogen and oxygen atoms in total. The molecule has 2 aromatic rings. The third kappa shape index (κ3) is 3.67. The van der Waals surface area contributed by atoms with Crippen molar-refractivity contribution in [3.05, 3.63) is 35.5 Å². The van der Waals surface area contributed by atoms with Crippen molar-refractivity contribution in [2.45, 2.75) is 42.0 Å². The maximum atomic E-state index is 13.5. The number of hydrogen-bond donors (Lipinski definition) is 0. The predicted molar refractivity (Wildman–Crippen MR) is 123 cm³/mol. The first-order chi connectivity index (χ1) is 15.8. The number of aromatic nitrogens is 2. The number of carbonyl (C=O) groups excluding carboxylic acids is 1. The lowest BCUT2D eigenvalue weighted by molar-refractivity contribution is 0.0297. The highest BCUT2D eigenvalue weighted by Crippen LogP contribution is 2.44. The summed E-state index contributed by atoms with van der Waals surface area (Å²) in [5.74, 6) is 0.858. The molecule has 0 radical (unpaired) electrons. The molecule has 3 saturated heterocycles. The highest BCUT2D eigenvalue weighted by molar-refractivity contribution is 7.98. The van der Waals surface area contributed by atoms with Gasteiger partial charge in [-0.25, -0.2) is 0 Å². The maximum Gasteiger partial charge on any atom is 0.274 e. The van der Waals surface area contributed by atoms with Crippen LogP contribution in [0.15, 0.2) is 29.2 Å². The van der Waals surface area contributed by atoms with Gasteiger partial charge in [0.1, 0.15) is 0 Å². The first kappa shape index (κ1) is 20.7. The number of amides is 1. The highest BCUT2D eigenvalue weighted by Gasteiger charge is 2.36. The summed E-state index contributed by atoms with van der Waals surface area (Å²) < 4.78 is 13.2. The summed E-state index contributed by atoms with van der Waals surface area (Å²) in [5, 5.41) is 5.05. The van der Waals surface area contributed by atoms with Crippen LogP contribution in [0.3, 0.4) is 0 Å². The Hall–Kier alpha value is -1.87. The average molecular weight is 455 g/mol. The topological polar surface area (TPSA) is 59.8 Å². The zero-order chi connectivity index (χ0) is 21.5. The van der Waals surface area contributed by atoms with Gasteiger partial charge in [-0.3, -0.25) is 14.4 Å². The van der Waals surface area contributed by atoms with Crippen molar-refractivity contribution >= 4 is 17.7 Å². The van der Waals surface area contributed by atoms with Crippen molar-refractivity contribution in [1.29, 1.82) is 0 Å². The third-order valence-electron chi connectivity index (χ3n) is 7.27. The van der Waals surface area contributed by atoms with Crippen LogP contribution in [0.5, 0.6) is 0 Å². The predicted octanol–water partition coefficient (Wildman–Crippen LogP) is 3.05. The number of nitrogens with zero attached hydrogens (tertiary/aromatic N) is 4. The van der Waals surface area contributed by atoms with Crippen LogP contribution in [0.4, 0.5) is 0 Å². The summed E-state index contributed by atoms with van der Waals surface area (Å²) >= 11 is 1.82. The second-order valence-electron chi connectivity index (χ2n) is 9.09. The highest BCUT2D eigenvalue weighted by atomic mass is 32.2. The number of rotatable bonds is 3. The SMILES string of the molecule is O=C(c1nn(C2CCN(C3CCOCC3)C2)c2c1CSc1ccccc1-2)N1CCOCC1. The molecule has 1 aromatic carbocycles. The standard InChI is InChI=1S/C24H30N4O3S/c29-24(26-9-13-31-14-10-26)22-20-16-32-21-4-2-1-3-19(21)23(20)28(25-22)18-5-8-27(15-18)17-6-11-30-12-7-17/h1-4,17-18H,5-16H2. The first-order valence-electron chi connectivity index (χ1n) is 11.8. The van der Waals surface area contributed by atoms with Gasteiger partial charge in [0, 0.05) is 67.2 Å². The van der Waals surface area contributed by atoms with Gasteiger partial charge in [0.2, 0.25) is 0 Å². The molecular formula is C24H30N4O3S. The minimum Gasteiger partial charge on any atom is -0.381 e. The van der Waals surface area contributed by atoms with Gasteiger partial charge >= 0.3 is 0 Å². The zero-order valence-electron chi connectivity index (χ0n) is 18.4. The fraction of sp³-hybridized carbons (Fsp3) is 0.583. The summed E-state index contributed by atoms with van der Waals surface area (Å²) in [5.41, 5.74) is 4.13. The number of likely N-dealkylation sites (tertiary alicyclic amines) is 1. The molecule has 5 heterocycles. The van der Waals surface area contributed by atoms with E-state index >= 15 is 0 Å². The number of hydrogen-bond acceptors (Lipinski definition) is 6. The van der Waals surface area contributed by atoms with Crippen LogP contribution >= 0.6 is 11.8 Å². The molecule has 0 bridgehead atoms. The van der Waals surface area contributed by atoms with Crippen LogP contribution < -0.4 is 0 Å². The average Bonchev–Trinajstić information content (AvgIpc) is 3.50. The van der Waals surface area contributed by atoms with Crippen molar-refractivity contribution in [2.24, 2.45) is 0 Å². The lowest BCUT2D eigenvalue weighted by atomic mass is 10.0. The van der Waals surface area contributed by atoms with Crippen LogP contribution in [0, 0.1) is 0 Å². The van der Waals surface area contributed by atoms with E-state index in [1.165, 1.54) is 10.5 Å². The molecule has 3 fully saturated rings. The Balaban J connectivity index is 1.36. The Labute approximate surface area is 193 Å². The van der Waals surface area contributed by atoms with Crippen LogP contribution in [-0.4, -0.2) is 84.1 Å². The maximum absolute atomic E-state index is 13.5. The monoisotopic (exact) mass is 454 g/mol. The van der Waals surface area contributed by atoms with Crippen molar-refractivity contribution in [3.8, 4) is 11.3 Å². The van der Waals surface area contributed by atoms with E-state index < -0.39 is 0 Å². The molecule has 4 aliphatic heterocycles. The van der Waals surface area contributed by atoms with Crippen molar-refractivity contribution in [2.75, 3.05) is 52.6 Å². The van der Waals surface area contributed by atoms with Crippen LogP contribution in [0.25, 0.3) is 11.3 Å². The van der Waals surface area contributed by atoms with Crippen LogP contribution in [0.2, 0.25) is 0 Å². The summed E-state index contributed by atoms with van der Waals surface area (Å²) in [7, 11) is 0. The van der Waals surface area contributed by atoms with Gasteiger partial charge in [-0.05, 0) is 25.3 Å².